The van der Waals surface area contributed by atoms with Crippen LogP contribution < -0.4 is 10.0 Å². The smallest absolute Gasteiger partial charge is 0.251 e. The van der Waals surface area contributed by atoms with Crippen LogP contribution in [0.25, 0.3) is 0 Å². The summed E-state index contributed by atoms with van der Waals surface area (Å²) < 4.78 is 27.9. The topological polar surface area (TPSA) is 78.5 Å². The Morgan fingerprint density at radius 1 is 1.28 bits per heavy atom. The molecule has 1 saturated heterocycles. The fourth-order valence-electron chi connectivity index (χ4n) is 3.60. The number of carbonyl (C=O) groups excluding carboxylic acids is 1. The molecule has 7 heteroatoms. The van der Waals surface area contributed by atoms with E-state index in [2.05, 4.69) is 21.9 Å². The highest BCUT2D eigenvalue weighted by atomic mass is 32.2. The van der Waals surface area contributed by atoms with Gasteiger partial charge in [0.1, 0.15) is 0 Å². The van der Waals surface area contributed by atoms with Crippen LogP contribution in [0.4, 0.5) is 0 Å². The number of sulfonamides is 1. The number of piperidine rings is 1. The lowest BCUT2D eigenvalue weighted by atomic mass is 9.97. The van der Waals surface area contributed by atoms with Gasteiger partial charge in [0.05, 0.1) is 4.90 Å². The predicted molar refractivity (Wildman–Crippen MR) is 97.1 cm³/mol. The van der Waals surface area contributed by atoms with Gasteiger partial charge in [-0.1, -0.05) is 13.0 Å². The van der Waals surface area contributed by atoms with E-state index >= 15 is 0 Å². The molecule has 1 aromatic carbocycles. The fraction of sp³-hybridized carbons (Fsp3) is 0.611. The van der Waals surface area contributed by atoms with Crippen LogP contribution in [0.3, 0.4) is 0 Å². The second-order valence-corrected chi connectivity index (χ2v) is 8.73. The molecule has 0 spiro atoms. The van der Waals surface area contributed by atoms with E-state index in [9.17, 15) is 13.2 Å². The lowest BCUT2D eigenvalue weighted by molar-refractivity contribution is 0.0945. The first-order valence-corrected chi connectivity index (χ1v) is 10.6. The molecule has 1 amide bonds. The van der Waals surface area contributed by atoms with Crippen LogP contribution in [0.2, 0.25) is 0 Å². The summed E-state index contributed by atoms with van der Waals surface area (Å²) in [5.74, 6) is 0.186. The summed E-state index contributed by atoms with van der Waals surface area (Å²) in [7, 11) is -3.58. The van der Waals surface area contributed by atoms with Crippen molar-refractivity contribution in [3.05, 3.63) is 29.3 Å². The van der Waals surface area contributed by atoms with Crippen LogP contribution in [0, 0.1) is 5.92 Å². The normalized spacial score (nSPS) is 19.5. The van der Waals surface area contributed by atoms with Gasteiger partial charge in [0.25, 0.3) is 5.91 Å². The summed E-state index contributed by atoms with van der Waals surface area (Å²) in [6.45, 7) is 6.45. The molecule has 0 radical (unpaired) electrons. The lowest BCUT2D eigenvalue weighted by Crippen LogP contribution is -2.39. The lowest BCUT2D eigenvalue weighted by Gasteiger charge is -2.31. The maximum atomic E-state index is 12.6. The SMILES string of the molecule is CCCN1CCC(CNS(=O)(=O)c2ccc3c(c2)C(=O)NCC3)CC1. The molecule has 138 valence electrons. The third-order valence-electron chi connectivity index (χ3n) is 5.13. The number of benzene rings is 1. The molecule has 6 nitrogen and oxygen atoms in total. The highest BCUT2D eigenvalue weighted by Gasteiger charge is 2.24. The van der Waals surface area contributed by atoms with Crippen LogP contribution >= 0.6 is 0 Å². The van der Waals surface area contributed by atoms with Gasteiger partial charge in [-0.3, -0.25) is 4.79 Å². The first-order valence-electron chi connectivity index (χ1n) is 9.12. The molecule has 0 aliphatic carbocycles. The van der Waals surface area contributed by atoms with Crippen molar-refractivity contribution < 1.29 is 13.2 Å². The zero-order valence-electron chi connectivity index (χ0n) is 14.8. The molecule has 25 heavy (non-hydrogen) atoms. The summed E-state index contributed by atoms with van der Waals surface area (Å²) in [6.07, 6.45) is 3.94. The Morgan fingerprint density at radius 2 is 2.04 bits per heavy atom. The zero-order chi connectivity index (χ0) is 17.9. The highest BCUT2D eigenvalue weighted by molar-refractivity contribution is 7.89. The van der Waals surface area contributed by atoms with Crippen molar-refractivity contribution in [2.45, 2.75) is 37.5 Å². The average Bonchev–Trinajstić information content (AvgIpc) is 2.61. The summed E-state index contributed by atoms with van der Waals surface area (Å²) in [5, 5.41) is 2.76. The number of nitrogens with one attached hydrogen (secondary N) is 2. The summed E-state index contributed by atoms with van der Waals surface area (Å²) in [4.78, 5) is 14.5. The first-order chi connectivity index (χ1) is 12.0. The van der Waals surface area contributed by atoms with E-state index in [0.29, 0.717) is 24.6 Å². The van der Waals surface area contributed by atoms with E-state index in [1.54, 1.807) is 12.1 Å². The minimum Gasteiger partial charge on any atom is -0.352 e. The molecule has 0 saturated carbocycles. The van der Waals surface area contributed by atoms with Crippen molar-refractivity contribution >= 4 is 15.9 Å². The third kappa shape index (κ3) is 4.40. The summed E-state index contributed by atoms with van der Waals surface area (Å²) in [5.41, 5.74) is 1.38. The van der Waals surface area contributed by atoms with Crippen LogP contribution in [-0.4, -0.2) is 51.9 Å². The standard InChI is InChI=1S/C18H27N3O3S/c1-2-9-21-10-6-14(7-11-21)13-20-25(23,24)16-4-3-15-5-8-19-18(22)17(15)12-16/h3-4,12,14,20H,2,5-11,13H2,1H3,(H,19,22). The number of nitrogens with zero attached hydrogens (tertiary/aromatic N) is 1. The number of fused-ring (bicyclic) bond motifs is 1. The van der Waals surface area contributed by atoms with Crippen molar-refractivity contribution in [3.63, 3.8) is 0 Å². The molecule has 0 atom stereocenters. The van der Waals surface area contributed by atoms with Crippen molar-refractivity contribution in [1.29, 1.82) is 0 Å². The number of carbonyl (C=O) groups is 1. The van der Waals surface area contributed by atoms with Crippen molar-refractivity contribution in [2.75, 3.05) is 32.7 Å². The first kappa shape index (κ1) is 18.4. The molecular formula is C18H27N3O3S. The maximum absolute atomic E-state index is 12.6. The van der Waals surface area contributed by atoms with Crippen molar-refractivity contribution in [3.8, 4) is 0 Å². The molecule has 2 heterocycles. The summed E-state index contributed by atoms with van der Waals surface area (Å²) >= 11 is 0. The van der Waals surface area contributed by atoms with E-state index in [1.165, 1.54) is 6.07 Å². The Bertz CT molecular complexity index is 725. The second kappa shape index (κ2) is 7.85. The monoisotopic (exact) mass is 365 g/mol. The van der Waals surface area contributed by atoms with Crippen LogP contribution in [-0.2, 0) is 16.4 Å². The van der Waals surface area contributed by atoms with E-state index in [4.69, 9.17) is 0 Å². The average molecular weight is 365 g/mol. The minimum atomic E-state index is -3.58. The van der Waals surface area contributed by atoms with Crippen LogP contribution in [0.1, 0.15) is 42.1 Å². The minimum absolute atomic E-state index is 0.173. The molecule has 0 bridgehead atoms. The van der Waals surface area contributed by atoms with Gasteiger partial charge in [0.15, 0.2) is 0 Å². The molecular weight excluding hydrogens is 338 g/mol. The maximum Gasteiger partial charge on any atom is 0.251 e. The molecule has 1 aromatic rings. The zero-order valence-corrected chi connectivity index (χ0v) is 15.6. The number of rotatable bonds is 6. The molecule has 1 fully saturated rings. The van der Waals surface area contributed by atoms with Gasteiger partial charge in [0, 0.05) is 18.7 Å². The van der Waals surface area contributed by atoms with Gasteiger partial charge >= 0.3 is 0 Å². The Balaban J connectivity index is 1.61. The largest absolute Gasteiger partial charge is 0.352 e. The molecule has 2 N–H and O–H groups in total. The van der Waals surface area contributed by atoms with E-state index in [1.807, 2.05) is 0 Å². The third-order valence-corrected chi connectivity index (χ3v) is 6.55. The Kier molecular flexibility index (Phi) is 5.76. The molecule has 0 unspecified atom stereocenters. The van der Waals surface area contributed by atoms with Gasteiger partial charge in [-0.05, 0) is 68.9 Å². The molecule has 0 aromatic heterocycles. The van der Waals surface area contributed by atoms with E-state index in [0.717, 1.165) is 50.9 Å². The van der Waals surface area contributed by atoms with Crippen LogP contribution in [0.5, 0.6) is 0 Å². The second-order valence-electron chi connectivity index (χ2n) is 6.96. The Hall–Kier alpha value is -1.44. The predicted octanol–water partition coefficient (Wildman–Crippen LogP) is 1.37. The molecule has 3 rings (SSSR count). The Labute approximate surface area is 150 Å². The number of likely N-dealkylation sites (tertiary alicyclic amines) is 1. The van der Waals surface area contributed by atoms with Gasteiger partial charge in [0.2, 0.25) is 10.0 Å². The fourth-order valence-corrected chi connectivity index (χ4v) is 4.74. The highest BCUT2D eigenvalue weighted by Crippen LogP contribution is 2.21. The molecule has 2 aliphatic rings. The quantitative estimate of drug-likeness (QED) is 0.798. The van der Waals surface area contributed by atoms with E-state index < -0.39 is 10.0 Å². The van der Waals surface area contributed by atoms with Crippen LogP contribution in [0.15, 0.2) is 23.1 Å². The van der Waals surface area contributed by atoms with Gasteiger partial charge in [-0.15, -0.1) is 0 Å². The van der Waals surface area contributed by atoms with Gasteiger partial charge < -0.3 is 10.2 Å². The van der Waals surface area contributed by atoms with Crippen molar-refractivity contribution in [2.24, 2.45) is 5.92 Å². The summed E-state index contributed by atoms with van der Waals surface area (Å²) in [6, 6.07) is 4.85. The number of hydrogen-bond acceptors (Lipinski definition) is 4. The Morgan fingerprint density at radius 3 is 2.76 bits per heavy atom. The van der Waals surface area contributed by atoms with E-state index in [-0.39, 0.29) is 10.8 Å². The number of hydrogen-bond donors (Lipinski definition) is 2. The number of amides is 1. The molecule has 2 aliphatic heterocycles. The van der Waals surface area contributed by atoms with Crippen molar-refractivity contribution in [1.82, 2.24) is 14.9 Å². The van der Waals surface area contributed by atoms with Gasteiger partial charge in [-0.25, -0.2) is 13.1 Å². The van der Waals surface area contributed by atoms with Gasteiger partial charge in [-0.2, -0.15) is 0 Å².